The van der Waals surface area contributed by atoms with Crippen LogP contribution in [0.3, 0.4) is 0 Å². The van der Waals surface area contributed by atoms with Crippen LogP contribution in [0.2, 0.25) is 0 Å². The quantitative estimate of drug-likeness (QED) is 0.833. The molecular formula is C11H18N2O2S. The Morgan fingerprint density at radius 3 is 2.69 bits per heavy atom. The topological polar surface area (TPSA) is 62.2 Å². The van der Waals surface area contributed by atoms with E-state index in [1.54, 1.807) is 6.92 Å². The summed E-state index contributed by atoms with van der Waals surface area (Å²) in [6, 6.07) is 0. The van der Waals surface area contributed by atoms with Gasteiger partial charge in [0, 0.05) is 6.54 Å². The van der Waals surface area contributed by atoms with Crippen LogP contribution in [-0.2, 0) is 0 Å². The minimum absolute atomic E-state index is 0.160. The van der Waals surface area contributed by atoms with Gasteiger partial charge in [-0.2, -0.15) is 4.37 Å². The first kappa shape index (κ1) is 13.0. The van der Waals surface area contributed by atoms with Gasteiger partial charge in [-0.05, 0) is 30.3 Å². The van der Waals surface area contributed by atoms with E-state index in [2.05, 4.69) is 30.5 Å². The molecule has 0 spiro atoms. The molecule has 0 aliphatic heterocycles. The molecule has 1 aromatic heterocycles. The van der Waals surface area contributed by atoms with E-state index in [9.17, 15) is 4.79 Å². The van der Waals surface area contributed by atoms with E-state index in [1.807, 2.05) is 0 Å². The van der Waals surface area contributed by atoms with Crippen molar-refractivity contribution >= 4 is 22.5 Å². The van der Waals surface area contributed by atoms with Gasteiger partial charge in [-0.15, -0.1) is 0 Å². The van der Waals surface area contributed by atoms with E-state index >= 15 is 0 Å². The number of nitrogens with one attached hydrogen (secondary N) is 1. The zero-order chi connectivity index (χ0) is 12.3. The van der Waals surface area contributed by atoms with E-state index in [1.165, 1.54) is 11.5 Å². The molecule has 0 unspecified atom stereocenters. The van der Waals surface area contributed by atoms with Crippen LogP contribution < -0.4 is 5.32 Å². The summed E-state index contributed by atoms with van der Waals surface area (Å²) >= 11 is 1.21. The number of rotatable bonds is 5. The van der Waals surface area contributed by atoms with Crippen molar-refractivity contribution in [1.29, 1.82) is 0 Å². The number of nitrogens with zero attached hydrogens (tertiary/aromatic N) is 1. The summed E-state index contributed by atoms with van der Waals surface area (Å²) in [5.74, 6) is -0.914. The third-order valence-electron chi connectivity index (χ3n) is 2.76. The molecule has 0 radical (unpaired) electrons. The Bertz CT molecular complexity index is 385. The average molecular weight is 242 g/mol. The van der Waals surface area contributed by atoms with Gasteiger partial charge in [0.1, 0.15) is 10.6 Å². The van der Waals surface area contributed by atoms with Crippen molar-refractivity contribution < 1.29 is 9.90 Å². The summed E-state index contributed by atoms with van der Waals surface area (Å²) in [6.45, 7) is 8.89. The highest BCUT2D eigenvalue weighted by Crippen LogP contribution is 2.27. The molecular weight excluding hydrogens is 224 g/mol. The van der Waals surface area contributed by atoms with Crippen molar-refractivity contribution in [1.82, 2.24) is 4.37 Å². The molecule has 0 saturated heterocycles. The van der Waals surface area contributed by atoms with Crippen LogP contribution in [0.1, 0.15) is 43.2 Å². The molecule has 5 heteroatoms. The first-order valence-corrected chi connectivity index (χ1v) is 6.08. The Kier molecular flexibility index (Phi) is 3.91. The number of carbonyl (C=O) groups is 1. The molecule has 0 atom stereocenters. The fourth-order valence-electron chi connectivity index (χ4n) is 1.19. The second-order valence-electron chi connectivity index (χ2n) is 4.65. The number of carboxylic acid groups (broad SMARTS) is 1. The highest BCUT2D eigenvalue weighted by molar-refractivity contribution is 7.10. The van der Waals surface area contributed by atoms with Crippen molar-refractivity contribution in [2.75, 3.05) is 11.9 Å². The average Bonchev–Trinajstić information content (AvgIpc) is 2.57. The Morgan fingerprint density at radius 1 is 1.56 bits per heavy atom. The van der Waals surface area contributed by atoms with E-state index in [0.29, 0.717) is 16.3 Å². The van der Waals surface area contributed by atoms with Gasteiger partial charge in [0.05, 0.1) is 5.69 Å². The van der Waals surface area contributed by atoms with E-state index in [-0.39, 0.29) is 5.41 Å². The number of aryl methyl sites for hydroxylation is 1. The lowest BCUT2D eigenvalue weighted by Crippen LogP contribution is -2.22. The van der Waals surface area contributed by atoms with Gasteiger partial charge >= 0.3 is 5.97 Å². The van der Waals surface area contributed by atoms with Crippen LogP contribution in [0, 0.1) is 12.3 Å². The molecule has 0 aromatic carbocycles. The maximum atomic E-state index is 11.0. The standard InChI is InChI=1S/C11H18N2O2S/c1-5-11(3,4)6-12-9-8(10(14)15)7(2)13-16-9/h12H,5-6H2,1-4H3,(H,14,15). The summed E-state index contributed by atoms with van der Waals surface area (Å²) in [6.07, 6.45) is 1.04. The lowest BCUT2D eigenvalue weighted by Gasteiger charge is -2.23. The zero-order valence-electron chi connectivity index (χ0n) is 10.1. The van der Waals surface area contributed by atoms with Gasteiger partial charge in [0.15, 0.2) is 0 Å². The molecule has 0 fully saturated rings. The molecule has 0 aliphatic rings. The third-order valence-corrected chi connectivity index (χ3v) is 3.66. The number of aromatic nitrogens is 1. The fourth-order valence-corrected chi connectivity index (χ4v) is 1.97. The molecule has 2 N–H and O–H groups in total. The molecule has 0 aliphatic carbocycles. The van der Waals surface area contributed by atoms with E-state index < -0.39 is 5.97 Å². The van der Waals surface area contributed by atoms with E-state index in [0.717, 1.165) is 13.0 Å². The number of anilines is 1. The number of hydrogen-bond donors (Lipinski definition) is 2. The van der Waals surface area contributed by atoms with Crippen LogP contribution in [0.4, 0.5) is 5.00 Å². The van der Waals surface area contributed by atoms with Gasteiger partial charge in [-0.1, -0.05) is 20.8 Å². The molecule has 16 heavy (non-hydrogen) atoms. The lowest BCUT2D eigenvalue weighted by molar-refractivity contribution is 0.0697. The van der Waals surface area contributed by atoms with Crippen LogP contribution in [0.25, 0.3) is 0 Å². The highest BCUT2D eigenvalue weighted by Gasteiger charge is 2.20. The first-order chi connectivity index (χ1) is 7.37. The van der Waals surface area contributed by atoms with Crippen LogP contribution in [-0.4, -0.2) is 22.0 Å². The van der Waals surface area contributed by atoms with Gasteiger partial charge in [0.2, 0.25) is 0 Å². The Morgan fingerprint density at radius 2 is 2.19 bits per heavy atom. The predicted molar refractivity (Wildman–Crippen MR) is 66.4 cm³/mol. The van der Waals surface area contributed by atoms with Gasteiger partial charge in [-0.3, -0.25) is 0 Å². The molecule has 0 saturated carbocycles. The number of aromatic carboxylic acids is 1. The van der Waals surface area contributed by atoms with Gasteiger partial charge < -0.3 is 10.4 Å². The number of carboxylic acids is 1. The minimum atomic E-state index is -0.914. The third kappa shape index (κ3) is 2.95. The highest BCUT2D eigenvalue weighted by atomic mass is 32.1. The zero-order valence-corrected chi connectivity index (χ0v) is 10.9. The molecule has 90 valence electrons. The lowest BCUT2D eigenvalue weighted by atomic mass is 9.90. The van der Waals surface area contributed by atoms with E-state index in [4.69, 9.17) is 5.11 Å². The predicted octanol–water partition coefficient (Wildman–Crippen LogP) is 3.00. The first-order valence-electron chi connectivity index (χ1n) is 5.31. The molecule has 1 aromatic rings. The van der Waals surface area contributed by atoms with Crippen LogP contribution >= 0.6 is 11.5 Å². The molecule has 0 bridgehead atoms. The van der Waals surface area contributed by atoms with Crippen LogP contribution in [0.5, 0.6) is 0 Å². The molecule has 1 rings (SSSR count). The Balaban J connectivity index is 2.79. The van der Waals surface area contributed by atoms with Gasteiger partial charge in [-0.25, -0.2) is 4.79 Å². The molecule has 0 amide bonds. The fraction of sp³-hybridized carbons (Fsp3) is 0.636. The van der Waals surface area contributed by atoms with Crippen molar-refractivity contribution in [3.8, 4) is 0 Å². The van der Waals surface area contributed by atoms with Crippen molar-refractivity contribution in [2.45, 2.75) is 34.1 Å². The summed E-state index contributed by atoms with van der Waals surface area (Å²) < 4.78 is 4.06. The largest absolute Gasteiger partial charge is 0.478 e. The normalized spacial score (nSPS) is 11.5. The monoisotopic (exact) mass is 242 g/mol. The summed E-state index contributed by atoms with van der Waals surface area (Å²) in [4.78, 5) is 11.0. The summed E-state index contributed by atoms with van der Waals surface area (Å²) in [5.41, 5.74) is 1.04. The van der Waals surface area contributed by atoms with Crippen molar-refractivity contribution in [3.63, 3.8) is 0 Å². The Hall–Kier alpha value is -1.10. The van der Waals surface area contributed by atoms with Crippen molar-refractivity contribution in [3.05, 3.63) is 11.3 Å². The summed E-state index contributed by atoms with van der Waals surface area (Å²) in [5, 5.41) is 12.9. The van der Waals surface area contributed by atoms with Crippen molar-refractivity contribution in [2.24, 2.45) is 5.41 Å². The smallest absolute Gasteiger partial charge is 0.340 e. The summed E-state index contributed by atoms with van der Waals surface area (Å²) in [7, 11) is 0. The minimum Gasteiger partial charge on any atom is -0.478 e. The maximum Gasteiger partial charge on any atom is 0.340 e. The number of hydrogen-bond acceptors (Lipinski definition) is 4. The second kappa shape index (κ2) is 4.82. The molecule has 4 nitrogen and oxygen atoms in total. The maximum absolute atomic E-state index is 11.0. The SMILES string of the molecule is CCC(C)(C)CNc1snc(C)c1C(=O)O. The van der Waals surface area contributed by atoms with Crippen LogP contribution in [0.15, 0.2) is 0 Å². The van der Waals surface area contributed by atoms with Gasteiger partial charge in [0.25, 0.3) is 0 Å². The molecule has 1 heterocycles. The Labute approximate surface area is 99.9 Å². The second-order valence-corrected chi connectivity index (χ2v) is 5.42.